The standard InChI is InChI=1S/C14H19N3O2.ClH/c1-17(2)14(19)10-5-7-11(8-6-10)16-13(18)12-4-3-9-15-12;/h5-8,12,15H,3-4,9H2,1-2H3,(H,16,18);1H/t12-;/m0./s1. The molecule has 1 aromatic rings. The summed E-state index contributed by atoms with van der Waals surface area (Å²) in [5.41, 5.74) is 1.33. The minimum atomic E-state index is -0.0944. The molecule has 1 aliphatic rings. The van der Waals surface area contributed by atoms with E-state index >= 15 is 0 Å². The Bertz CT molecular complexity index is 468. The highest BCUT2D eigenvalue weighted by atomic mass is 35.5. The van der Waals surface area contributed by atoms with Crippen LogP contribution in [0.25, 0.3) is 0 Å². The van der Waals surface area contributed by atoms with Crippen LogP contribution in [0.1, 0.15) is 23.2 Å². The van der Waals surface area contributed by atoms with Crippen LogP contribution in [0.3, 0.4) is 0 Å². The van der Waals surface area contributed by atoms with Crippen molar-refractivity contribution in [3.8, 4) is 0 Å². The average Bonchev–Trinajstić information content (AvgIpc) is 2.92. The molecule has 0 radical (unpaired) electrons. The first kappa shape index (κ1) is 16.5. The van der Waals surface area contributed by atoms with Gasteiger partial charge in [0.2, 0.25) is 5.91 Å². The molecule has 1 aliphatic heterocycles. The Kier molecular flexibility index (Phi) is 5.98. The summed E-state index contributed by atoms with van der Waals surface area (Å²) in [6.07, 6.45) is 1.91. The number of benzene rings is 1. The fraction of sp³-hybridized carbons (Fsp3) is 0.429. The van der Waals surface area contributed by atoms with E-state index in [2.05, 4.69) is 10.6 Å². The van der Waals surface area contributed by atoms with Crippen molar-refractivity contribution in [2.24, 2.45) is 0 Å². The van der Waals surface area contributed by atoms with E-state index < -0.39 is 0 Å². The van der Waals surface area contributed by atoms with Crippen LogP contribution in [0.4, 0.5) is 5.69 Å². The van der Waals surface area contributed by atoms with E-state index in [9.17, 15) is 9.59 Å². The molecule has 1 atom stereocenters. The van der Waals surface area contributed by atoms with E-state index in [-0.39, 0.29) is 30.3 Å². The molecule has 0 bridgehead atoms. The highest BCUT2D eigenvalue weighted by molar-refractivity contribution is 5.97. The fourth-order valence-electron chi connectivity index (χ4n) is 2.09. The second-order valence-corrected chi connectivity index (χ2v) is 4.92. The molecule has 0 aromatic heterocycles. The highest BCUT2D eigenvalue weighted by Crippen LogP contribution is 2.13. The van der Waals surface area contributed by atoms with Crippen LogP contribution in [0.2, 0.25) is 0 Å². The molecule has 2 amide bonds. The predicted molar refractivity (Wildman–Crippen MR) is 81.4 cm³/mol. The SMILES string of the molecule is CN(C)C(=O)c1ccc(NC(=O)[C@@H]2CCCN2)cc1.Cl. The van der Waals surface area contributed by atoms with Gasteiger partial charge in [0.05, 0.1) is 6.04 Å². The first-order valence-electron chi connectivity index (χ1n) is 6.44. The Balaban J connectivity index is 0.00000200. The molecular weight excluding hydrogens is 278 g/mol. The van der Waals surface area contributed by atoms with E-state index in [1.807, 2.05) is 0 Å². The summed E-state index contributed by atoms with van der Waals surface area (Å²) in [6.45, 7) is 0.897. The molecule has 1 heterocycles. The normalized spacial score (nSPS) is 17.2. The summed E-state index contributed by atoms with van der Waals surface area (Å²) in [5, 5.41) is 6.00. The topological polar surface area (TPSA) is 61.4 Å². The van der Waals surface area contributed by atoms with Crippen LogP contribution in [0.15, 0.2) is 24.3 Å². The Hall–Kier alpha value is -1.59. The number of carbonyl (C=O) groups excluding carboxylic acids is 2. The van der Waals surface area contributed by atoms with Gasteiger partial charge < -0.3 is 15.5 Å². The van der Waals surface area contributed by atoms with Crippen LogP contribution >= 0.6 is 12.4 Å². The Morgan fingerprint density at radius 3 is 2.40 bits per heavy atom. The third-order valence-corrected chi connectivity index (χ3v) is 3.18. The van der Waals surface area contributed by atoms with Gasteiger partial charge in [0.15, 0.2) is 0 Å². The van der Waals surface area contributed by atoms with Crippen molar-refractivity contribution < 1.29 is 9.59 Å². The van der Waals surface area contributed by atoms with Gasteiger partial charge in [-0.3, -0.25) is 9.59 Å². The maximum absolute atomic E-state index is 11.9. The summed E-state index contributed by atoms with van der Waals surface area (Å²) < 4.78 is 0. The molecule has 0 unspecified atom stereocenters. The molecule has 110 valence electrons. The number of nitrogens with zero attached hydrogens (tertiary/aromatic N) is 1. The molecule has 5 nitrogen and oxygen atoms in total. The summed E-state index contributed by atoms with van der Waals surface area (Å²) in [5.74, 6) is -0.0560. The zero-order valence-corrected chi connectivity index (χ0v) is 12.5. The van der Waals surface area contributed by atoms with Gasteiger partial charge in [0.25, 0.3) is 5.91 Å². The van der Waals surface area contributed by atoms with Gasteiger partial charge in [-0.1, -0.05) is 0 Å². The molecule has 6 heteroatoms. The van der Waals surface area contributed by atoms with Crippen LogP contribution in [0.5, 0.6) is 0 Å². The number of anilines is 1. The lowest BCUT2D eigenvalue weighted by Crippen LogP contribution is -2.35. The number of amides is 2. The highest BCUT2D eigenvalue weighted by Gasteiger charge is 2.21. The molecule has 1 aromatic carbocycles. The molecule has 1 saturated heterocycles. The number of hydrogen-bond donors (Lipinski definition) is 2. The minimum Gasteiger partial charge on any atom is -0.345 e. The van der Waals surface area contributed by atoms with E-state index in [1.54, 1.807) is 38.4 Å². The number of hydrogen-bond acceptors (Lipinski definition) is 3. The third-order valence-electron chi connectivity index (χ3n) is 3.18. The Labute approximate surface area is 125 Å². The van der Waals surface area contributed by atoms with E-state index in [1.165, 1.54) is 4.90 Å². The average molecular weight is 298 g/mol. The zero-order valence-electron chi connectivity index (χ0n) is 11.7. The predicted octanol–water partition coefficient (Wildman–Crippen LogP) is 1.50. The van der Waals surface area contributed by atoms with E-state index in [4.69, 9.17) is 0 Å². The second kappa shape index (κ2) is 7.26. The molecule has 20 heavy (non-hydrogen) atoms. The Morgan fingerprint density at radius 2 is 1.90 bits per heavy atom. The van der Waals surface area contributed by atoms with Gasteiger partial charge >= 0.3 is 0 Å². The second-order valence-electron chi connectivity index (χ2n) is 4.92. The van der Waals surface area contributed by atoms with Crippen molar-refractivity contribution in [1.29, 1.82) is 0 Å². The number of carbonyl (C=O) groups is 2. The van der Waals surface area contributed by atoms with Crippen LogP contribution in [-0.4, -0.2) is 43.4 Å². The monoisotopic (exact) mass is 297 g/mol. The molecule has 2 rings (SSSR count). The first-order valence-corrected chi connectivity index (χ1v) is 6.44. The lowest BCUT2D eigenvalue weighted by molar-refractivity contribution is -0.117. The maximum atomic E-state index is 11.9. The van der Waals surface area contributed by atoms with Crippen molar-refractivity contribution in [1.82, 2.24) is 10.2 Å². The lowest BCUT2D eigenvalue weighted by Gasteiger charge is -2.13. The van der Waals surface area contributed by atoms with Gasteiger partial charge in [0.1, 0.15) is 0 Å². The number of rotatable bonds is 3. The van der Waals surface area contributed by atoms with Gasteiger partial charge in [-0.15, -0.1) is 12.4 Å². The first-order chi connectivity index (χ1) is 9.08. The van der Waals surface area contributed by atoms with Crippen molar-refractivity contribution >= 4 is 29.9 Å². The smallest absolute Gasteiger partial charge is 0.253 e. The van der Waals surface area contributed by atoms with Crippen molar-refractivity contribution in [2.45, 2.75) is 18.9 Å². The minimum absolute atomic E-state index is 0. The molecular formula is C14H20ClN3O2. The maximum Gasteiger partial charge on any atom is 0.253 e. The Morgan fingerprint density at radius 1 is 1.25 bits per heavy atom. The molecule has 0 spiro atoms. The summed E-state index contributed by atoms with van der Waals surface area (Å²) in [6, 6.07) is 6.86. The zero-order chi connectivity index (χ0) is 13.8. The number of nitrogens with one attached hydrogen (secondary N) is 2. The largest absolute Gasteiger partial charge is 0.345 e. The molecule has 0 saturated carbocycles. The van der Waals surface area contributed by atoms with Crippen molar-refractivity contribution in [3.05, 3.63) is 29.8 Å². The summed E-state index contributed by atoms with van der Waals surface area (Å²) in [4.78, 5) is 25.1. The van der Waals surface area contributed by atoms with Crippen LogP contribution < -0.4 is 10.6 Å². The van der Waals surface area contributed by atoms with E-state index in [0.29, 0.717) is 11.3 Å². The lowest BCUT2D eigenvalue weighted by atomic mass is 10.1. The fourth-order valence-corrected chi connectivity index (χ4v) is 2.09. The van der Waals surface area contributed by atoms with Gasteiger partial charge in [-0.25, -0.2) is 0 Å². The van der Waals surface area contributed by atoms with Crippen molar-refractivity contribution in [3.63, 3.8) is 0 Å². The summed E-state index contributed by atoms with van der Waals surface area (Å²) >= 11 is 0. The van der Waals surface area contributed by atoms with Gasteiger partial charge in [0, 0.05) is 25.3 Å². The van der Waals surface area contributed by atoms with Gasteiger partial charge in [-0.2, -0.15) is 0 Å². The molecule has 2 N–H and O–H groups in total. The third kappa shape index (κ3) is 3.95. The molecule has 0 aliphatic carbocycles. The summed E-state index contributed by atoms with van der Waals surface area (Å²) in [7, 11) is 3.42. The van der Waals surface area contributed by atoms with Crippen molar-refractivity contribution in [2.75, 3.05) is 26.0 Å². The van der Waals surface area contributed by atoms with Gasteiger partial charge in [-0.05, 0) is 43.7 Å². The van der Waals surface area contributed by atoms with Crippen LogP contribution in [-0.2, 0) is 4.79 Å². The molecule has 1 fully saturated rings. The quantitative estimate of drug-likeness (QED) is 0.889. The van der Waals surface area contributed by atoms with E-state index in [0.717, 1.165) is 19.4 Å². The van der Waals surface area contributed by atoms with Crippen LogP contribution in [0, 0.1) is 0 Å². The number of halogens is 1.